The molecule has 110 valence electrons. The fourth-order valence-corrected chi connectivity index (χ4v) is 2.49. The zero-order chi connectivity index (χ0) is 14.7. The van der Waals surface area contributed by atoms with Gasteiger partial charge in [-0.3, -0.25) is 4.68 Å². The Morgan fingerprint density at radius 3 is 2.70 bits per heavy atom. The average Bonchev–Trinajstić information content (AvgIpc) is 2.94. The first-order valence-corrected chi connectivity index (χ1v) is 7.34. The lowest BCUT2D eigenvalue weighted by molar-refractivity contribution is 0.584. The van der Waals surface area contributed by atoms with Gasteiger partial charge in [0.2, 0.25) is 0 Å². The van der Waals surface area contributed by atoms with Crippen molar-refractivity contribution in [1.29, 1.82) is 0 Å². The summed E-state index contributed by atoms with van der Waals surface area (Å²) in [6.07, 6.45) is 2.83. The maximum absolute atomic E-state index is 4.56. The summed E-state index contributed by atoms with van der Waals surface area (Å²) in [5.41, 5.74) is 4.50. The van der Waals surface area contributed by atoms with Crippen molar-refractivity contribution in [2.75, 3.05) is 6.54 Å². The molecule has 0 aliphatic carbocycles. The summed E-state index contributed by atoms with van der Waals surface area (Å²) >= 11 is 0. The van der Waals surface area contributed by atoms with E-state index < -0.39 is 0 Å². The number of aromatic nitrogens is 4. The highest BCUT2D eigenvalue weighted by atomic mass is 15.3. The monoisotopic (exact) mass is 275 g/mol. The maximum atomic E-state index is 4.56. The lowest BCUT2D eigenvalue weighted by atomic mass is 10.1. The minimum Gasteiger partial charge on any atom is -0.342 e. The van der Waals surface area contributed by atoms with E-state index in [4.69, 9.17) is 0 Å². The molecule has 2 aromatic heterocycles. The molecule has 5 heteroatoms. The molecule has 20 heavy (non-hydrogen) atoms. The highest BCUT2D eigenvalue weighted by Crippen LogP contribution is 2.25. The Labute approximate surface area is 120 Å². The summed E-state index contributed by atoms with van der Waals surface area (Å²) in [6, 6.07) is 0.511. The van der Waals surface area contributed by atoms with Gasteiger partial charge in [-0.15, -0.1) is 0 Å². The number of H-pyrrole nitrogens is 1. The van der Waals surface area contributed by atoms with Gasteiger partial charge in [0.1, 0.15) is 5.82 Å². The molecule has 0 fully saturated rings. The Bertz CT molecular complexity index is 565. The minimum absolute atomic E-state index is 0.511. The van der Waals surface area contributed by atoms with Crippen LogP contribution in [0.5, 0.6) is 0 Å². The van der Waals surface area contributed by atoms with Gasteiger partial charge in [0.15, 0.2) is 0 Å². The molecule has 2 N–H and O–H groups in total. The smallest absolute Gasteiger partial charge is 0.107 e. The first-order chi connectivity index (χ1) is 9.52. The van der Waals surface area contributed by atoms with Crippen molar-refractivity contribution in [2.45, 2.75) is 53.6 Å². The molecule has 2 heterocycles. The van der Waals surface area contributed by atoms with Gasteiger partial charge in [-0.1, -0.05) is 13.8 Å². The van der Waals surface area contributed by atoms with E-state index >= 15 is 0 Å². The van der Waals surface area contributed by atoms with E-state index in [2.05, 4.69) is 55.0 Å². The number of rotatable bonds is 6. The van der Waals surface area contributed by atoms with Crippen LogP contribution in [-0.2, 0) is 13.0 Å². The lowest BCUT2D eigenvalue weighted by Crippen LogP contribution is -2.25. The Kier molecular flexibility index (Phi) is 4.60. The molecule has 0 aliphatic rings. The molecule has 2 rings (SSSR count). The van der Waals surface area contributed by atoms with Crippen LogP contribution >= 0.6 is 0 Å². The number of imidazole rings is 1. The Balaban J connectivity index is 2.14. The second-order valence-corrected chi connectivity index (χ2v) is 5.46. The molecular weight excluding hydrogens is 250 g/mol. The number of nitrogens with zero attached hydrogens (tertiary/aromatic N) is 3. The third-order valence-electron chi connectivity index (χ3n) is 3.49. The van der Waals surface area contributed by atoms with Gasteiger partial charge in [0.05, 0.1) is 17.6 Å². The molecular formula is C15H25N5. The van der Waals surface area contributed by atoms with Crippen LogP contribution in [0.2, 0.25) is 0 Å². The number of aryl methyl sites for hydroxylation is 2. The second kappa shape index (κ2) is 6.22. The van der Waals surface area contributed by atoms with E-state index in [0.717, 1.165) is 36.7 Å². The standard InChI is InChI=1S/C15H25N5/c1-6-20-12(5)15(11(4)19-20)13-9-17-14(18-13)7-8-16-10(2)3/h9-10,16H,6-8H2,1-5H3,(H,17,18). The van der Waals surface area contributed by atoms with Crippen molar-refractivity contribution in [1.82, 2.24) is 25.1 Å². The average molecular weight is 275 g/mol. The van der Waals surface area contributed by atoms with E-state index in [1.807, 2.05) is 10.9 Å². The third kappa shape index (κ3) is 3.10. The van der Waals surface area contributed by atoms with Crippen LogP contribution in [0.3, 0.4) is 0 Å². The highest BCUT2D eigenvalue weighted by molar-refractivity contribution is 5.64. The van der Waals surface area contributed by atoms with Crippen LogP contribution < -0.4 is 5.32 Å². The van der Waals surface area contributed by atoms with Gasteiger partial charge < -0.3 is 10.3 Å². The maximum Gasteiger partial charge on any atom is 0.107 e. The van der Waals surface area contributed by atoms with Crippen molar-refractivity contribution in [3.63, 3.8) is 0 Å². The van der Waals surface area contributed by atoms with Gasteiger partial charge in [0, 0.05) is 36.8 Å². The zero-order valence-electron chi connectivity index (χ0n) is 13.1. The number of aromatic amines is 1. The second-order valence-electron chi connectivity index (χ2n) is 5.46. The van der Waals surface area contributed by atoms with E-state index in [-0.39, 0.29) is 0 Å². The fraction of sp³-hybridized carbons (Fsp3) is 0.600. The molecule has 0 amide bonds. The fourth-order valence-electron chi connectivity index (χ4n) is 2.49. The molecule has 5 nitrogen and oxygen atoms in total. The van der Waals surface area contributed by atoms with Crippen LogP contribution in [-0.4, -0.2) is 32.3 Å². The number of nitrogens with one attached hydrogen (secondary N) is 2. The van der Waals surface area contributed by atoms with Crippen LogP contribution in [0.25, 0.3) is 11.3 Å². The summed E-state index contributed by atoms with van der Waals surface area (Å²) in [5, 5.41) is 7.96. The summed E-state index contributed by atoms with van der Waals surface area (Å²) in [5.74, 6) is 1.02. The van der Waals surface area contributed by atoms with Gasteiger partial charge >= 0.3 is 0 Å². The molecule has 0 spiro atoms. The Morgan fingerprint density at radius 2 is 2.10 bits per heavy atom. The normalized spacial score (nSPS) is 11.5. The first-order valence-electron chi connectivity index (χ1n) is 7.34. The molecule has 0 aromatic carbocycles. The van der Waals surface area contributed by atoms with Crippen molar-refractivity contribution >= 4 is 0 Å². The Morgan fingerprint density at radius 1 is 1.35 bits per heavy atom. The van der Waals surface area contributed by atoms with Gasteiger partial charge in [-0.05, 0) is 20.8 Å². The van der Waals surface area contributed by atoms with E-state index in [0.29, 0.717) is 6.04 Å². The van der Waals surface area contributed by atoms with Gasteiger partial charge in [-0.2, -0.15) is 5.10 Å². The van der Waals surface area contributed by atoms with Gasteiger partial charge in [0.25, 0.3) is 0 Å². The molecule has 2 aromatic rings. The zero-order valence-corrected chi connectivity index (χ0v) is 13.1. The molecule has 0 radical (unpaired) electrons. The lowest BCUT2D eigenvalue weighted by Gasteiger charge is -2.05. The number of hydrogen-bond donors (Lipinski definition) is 2. The van der Waals surface area contributed by atoms with E-state index in [1.165, 1.54) is 11.3 Å². The number of hydrogen-bond acceptors (Lipinski definition) is 3. The largest absolute Gasteiger partial charge is 0.342 e. The predicted octanol–water partition coefficient (Wildman–Crippen LogP) is 2.45. The van der Waals surface area contributed by atoms with Crippen LogP contribution in [0.1, 0.15) is 38.0 Å². The van der Waals surface area contributed by atoms with Crippen molar-refractivity contribution in [2.24, 2.45) is 0 Å². The van der Waals surface area contributed by atoms with Crippen LogP contribution in [0, 0.1) is 13.8 Å². The van der Waals surface area contributed by atoms with Crippen molar-refractivity contribution < 1.29 is 0 Å². The van der Waals surface area contributed by atoms with E-state index in [1.54, 1.807) is 0 Å². The van der Waals surface area contributed by atoms with Crippen LogP contribution in [0.4, 0.5) is 0 Å². The molecule has 0 saturated heterocycles. The molecule has 0 bridgehead atoms. The molecule has 0 atom stereocenters. The summed E-state index contributed by atoms with van der Waals surface area (Å²) in [7, 11) is 0. The summed E-state index contributed by atoms with van der Waals surface area (Å²) < 4.78 is 2.03. The first kappa shape index (κ1) is 14.8. The SMILES string of the molecule is CCn1nc(C)c(-c2cnc(CCNC(C)C)[nH]2)c1C. The highest BCUT2D eigenvalue weighted by Gasteiger charge is 2.14. The predicted molar refractivity (Wildman–Crippen MR) is 81.8 cm³/mol. The van der Waals surface area contributed by atoms with Crippen molar-refractivity contribution in [3.05, 3.63) is 23.4 Å². The molecule has 0 aliphatic heterocycles. The summed E-state index contributed by atoms with van der Waals surface area (Å²) in [4.78, 5) is 7.89. The molecule has 0 unspecified atom stereocenters. The van der Waals surface area contributed by atoms with Crippen molar-refractivity contribution in [3.8, 4) is 11.3 Å². The topological polar surface area (TPSA) is 58.5 Å². The molecule has 0 saturated carbocycles. The Hall–Kier alpha value is -1.62. The quantitative estimate of drug-likeness (QED) is 0.851. The summed E-state index contributed by atoms with van der Waals surface area (Å²) in [6.45, 7) is 12.4. The van der Waals surface area contributed by atoms with Gasteiger partial charge in [-0.25, -0.2) is 4.98 Å². The van der Waals surface area contributed by atoms with Crippen LogP contribution in [0.15, 0.2) is 6.20 Å². The van der Waals surface area contributed by atoms with E-state index in [9.17, 15) is 0 Å². The third-order valence-corrected chi connectivity index (χ3v) is 3.49. The minimum atomic E-state index is 0.511.